The maximum Gasteiger partial charge on any atom is 0.338 e. The molecule has 5 rings (SSSR count). The van der Waals surface area contributed by atoms with Gasteiger partial charge in [0.1, 0.15) is 6.10 Å². The Morgan fingerprint density at radius 3 is 2.17 bits per heavy atom. The van der Waals surface area contributed by atoms with Crippen LogP contribution in [0.4, 0.5) is 11.4 Å². The minimum atomic E-state index is -0.719. The molecule has 8 nitrogen and oxygen atoms in total. The number of nitrogens with zero attached hydrogens (tertiary/aromatic N) is 2. The Hall–Kier alpha value is -2.51. The van der Waals surface area contributed by atoms with E-state index in [1.807, 2.05) is 0 Å². The van der Waals surface area contributed by atoms with Crippen LogP contribution in [0.15, 0.2) is 18.2 Å². The van der Waals surface area contributed by atoms with Crippen LogP contribution in [0.3, 0.4) is 0 Å². The Labute approximate surface area is 250 Å². The van der Waals surface area contributed by atoms with Gasteiger partial charge in [-0.25, -0.2) is 4.79 Å². The van der Waals surface area contributed by atoms with E-state index in [1.54, 1.807) is 0 Å². The highest BCUT2D eigenvalue weighted by atomic mass is 16.6. The summed E-state index contributed by atoms with van der Waals surface area (Å²) < 4.78 is 5.87. The van der Waals surface area contributed by atoms with Crippen LogP contribution in [-0.2, 0) is 4.74 Å². The summed E-state index contributed by atoms with van der Waals surface area (Å²) in [6.07, 6.45) is 14.2. The number of rotatable bonds is 9. The summed E-state index contributed by atoms with van der Waals surface area (Å²) in [6.45, 7) is 12.3. The van der Waals surface area contributed by atoms with Crippen LogP contribution in [0.5, 0.6) is 0 Å². The molecular weight excluding hydrogens is 532 g/mol. The fourth-order valence-electron chi connectivity index (χ4n) is 10.5. The summed E-state index contributed by atoms with van der Waals surface area (Å²) in [7, 11) is 0. The average Bonchev–Trinajstić information content (AvgIpc) is 3.30. The molecule has 0 radical (unpaired) electrons. The van der Waals surface area contributed by atoms with Crippen LogP contribution < -0.4 is 0 Å². The first-order valence-corrected chi connectivity index (χ1v) is 16.5. The molecule has 0 saturated heterocycles. The highest BCUT2D eigenvalue weighted by Crippen LogP contribution is 2.68. The molecule has 0 unspecified atom stereocenters. The van der Waals surface area contributed by atoms with Gasteiger partial charge >= 0.3 is 5.97 Å². The van der Waals surface area contributed by atoms with Crippen molar-refractivity contribution in [2.24, 2.45) is 52.3 Å². The Morgan fingerprint density at radius 2 is 1.52 bits per heavy atom. The number of nitro groups is 2. The fraction of sp³-hybridized carbons (Fsp3) is 0.794. The highest BCUT2D eigenvalue weighted by molar-refractivity contribution is 5.91. The SMILES string of the molecule is CC(C)CCC[C@@H](C)[C@H]1CC[C@H]2[C@@H]3CC[C@H]4C[C@H](OC(=O)c5cc([N+](=O)[O-])cc([N+](=O)[O-])c5)CC[C@]4(C)[C@H]3CC[C@]12C. The van der Waals surface area contributed by atoms with Crippen molar-refractivity contribution in [1.29, 1.82) is 0 Å². The second kappa shape index (κ2) is 11.9. The molecule has 4 saturated carbocycles. The predicted molar refractivity (Wildman–Crippen MR) is 162 cm³/mol. The van der Waals surface area contributed by atoms with Crippen molar-refractivity contribution < 1.29 is 19.4 Å². The van der Waals surface area contributed by atoms with Gasteiger partial charge < -0.3 is 4.74 Å². The molecule has 4 aliphatic rings. The molecule has 1 aromatic carbocycles. The van der Waals surface area contributed by atoms with Gasteiger partial charge in [0.25, 0.3) is 11.4 Å². The largest absolute Gasteiger partial charge is 0.459 e. The summed E-state index contributed by atoms with van der Waals surface area (Å²) in [5.41, 5.74) is -0.370. The third kappa shape index (κ3) is 5.71. The molecule has 8 heteroatoms. The fourth-order valence-corrected chi connectivity index (χ4v) is 10.5. The number of ether oxygens (including phenoxy) is 1. The first-order valence-electron chi connectivity index (χ1n) is 16.5. The first-order chi connectivity index (χ1) is 19.8. The van der Waals surface area contributed by atoms with E-state index >= 15 is 0 Å². The first kappa shape index (κ1) is 30.9. The second-order valence-corrected chi connectivity index (χ2v) is 15.2. The third-order valence-corrected chi connectivity index (χ3v) is 12.7. The molecular formula is C34H50N2O6. The molecule has 0 heterocycles. The number of nitro benzene ring substituents is 2. The minimum absolute atomic E-state index is 0.131. The normalized spacial score (nSPS) is 36.4. The van der Waals surface area contributed by atoms with Crippen molar-refractivity contribution in [3.05, 3.63) is 44.0 Å². The van der Waals surface area contributed by atoms with Gasteiger partial charge in [-0.1, -0.05) is 53.9 Å². The summed E-state index contributed by atoms with van der Waals surface area (Å²) >= 11 is 0. The molecule has 0 aromatic heterocycles. The summed E-state index contributed by atoms with van der Waals surface area (Å²) in [6, 6.07) is 3.02. The van der Waals surface area contributed by atoms with Crippen LogP contribution in [0.25, 0.3) is 0 Å². The molecule has 0 bridgehead atoms. The van der Waals surface area contributed by atoms with E-state index in [1.165, 1.54) is 51.4 Å². The van der Waals surface area contributed by atoms with E-state index in [0.29, 0.717) is 11.3 Å². The molecule has 4 fully saturated rings. The number of carbonyl (C=O) groups is 1. The third-order valence-electron chi connectivity index (χ3n) is 12.7. The van der Waals surface area contributed by atoms with Crippen molar-refractivity contribution in [3.8, 4) is 0 Å². The minimum Gasteiger partial charge on any atom is -0.459 e. The molecule has 9 atom stereocenters. The Bertz CT molecular complexity index is 1170. The van der Waals surface area contributed by atoms with Crippen LogP contribution in [-0.4, -0.2) is 21.9 Å². The van der Waals surface area contributed by atoms with E-state index in [2.05, 4.69) is 34.6 Å². The van der Waals surface area contributed by atoms with Crippen LogP contribution in [0.2, 0.25) is 0 Å². The topological polar surface area (TPSA) is 113 Å². The number of hydrogen-bond acceptors (Lipinski definition) is 6. The number of carbonyl (C=O) groups excluding carboxylic acids is 1. The van der Waals surface area contributed by atoms with Crippen molar-refractivity contribution in [1.82, 2.24) is 0 Å². The quantitative estimate of drug-likeness (QED) is 0.163. The Kier molecular flexibility index (Phi) is 8.75. The standard InChI is InChI=1S/C34H50N2O6/c1-21(2)7-6-8-22(3)29-11-12-30-28-10-9-24-19-27(13-15-33(24,4)31(28)14-16-34(29,30)5)42-32(37)23-17-25(35(38)39)20-26(18-23)36(40)41/h17-18,20-22,24,27-31H,6-16,19H2,1-5H3/t22-,24+,27-,28+,29-,30+,31+,33+,34-/m1/s1. The maximum atomic E-state index is 13.0. The molecule has 42 heavy (non-hydrogen) atoms. The lowest BCUT2D eigenvalue weighted by molar-refractivity contribution is -0.394. The monoisotopic (exact) mass is 582 g/mol. The molecule has 1 aromatic rings. The van der Waals surface area contributed by atoms with E-state index in [9.17, 15) is 25.0 Å². The number of esters is 1. The van der Waals surface area contributed by atoms with Gasteiger partial charge in [-0.3, -0.25) is 20.2 Å². The molecule has 0 N–H and O–H groups in total. The van der Waals surface area contributed by atoms with Gasteiger partial charge in [0, 0.05) is 12.1 Å². The smallest absolute Gasteiger partial charge is 0.338 e. The second-order valence-electron chi connectivity index (χ2n) is 15.2. The molecule has 232 valence electrons. The predicted octanol–water partition coefficient (Wildman–Crippen LogP) is 9.15. The van der Waals surface area contributed by atoms with Gasteiger partial charge in [0.2, 0.25) is 0 Å². The van der Waals surface area contributed by atoms with Gasteiger partial charge in [0.05, 0.1) is 21.5 Å². The maximum absolute atomic E-state index is 13.0. The summed E-state index contributed by atoms with van der Waals surface area (Å²) in [5.74, 6) is 4.56. The molecule has 0 amide bonds. The number of fused-ring (bicyclic) bond motifs is 5. The van der Waals surface area contributed by atoms with Crippen molar-refractivity contribution in [2.45, 2.75) is 118 Å². The van der Waals surface area contributed by atoms with Gasteiger partial charge in [-0.15, -0.1) is 0 Å². The van der Waals surface area contributed by atoms with E-state index in [4.69, 9.17) is 4.74 Å². The van der Waals surface area contributed by atoms with Crippen LogP contribution in [0.1, 0.15) is 122 Å². The van der Waals surface area contributed by atoms with Crippen LogP contribution in [0, 0.1) is 72.5 Å². The van der Waals surface area contributed by atoms with Crippen molar-refractivity contribution in [3.63, 3.8) is 0 Å². The van der Waals surface area contributed by atoms with E-state index < -0.39 is 27.2 Å². The van der Waals surface area contributed by atoms with E-state index in [0.717, 1.165) is 79.4 Å². The van der Waals surface area contributed by atoms with Gasteiger partial charge in [-0.2, -0.15) is 0 Å². The van der Waals surface area contributed by atoms with Gasteiger partial charge in [0.15, 0.2) is 0 Å². The zero-order valence-corrected chi connectivity index (χ0v) is 26.2. The lowest BCUT2D eigenvalue weighted by Gasteiger charge is -2.61. The molecule has 4 aliphatic carbocycles. The zero-order chi connectivity index (χ0) is 30.4. The van der Waals surface area contributed by atoms with Gasteiger partial charge in [-0.05, 0) is 110 Å². The summed E-state index contributed by atoms with van der Waals surface area (Å²) in [5, 5.41) is 22.6. The molecule has 0 spiro atoms. The number of hydrogen-bond donors (Lipinski definition) is 0. The lowest BCUT2D eigenvalue weighted by atomic mass is 9.44. The number of benzene rings is 1. The number of non-ortho nitro benzene ring substituents is 2. The van der Waals surface area contributed by atoms with E-state index in [-0.39, 0.29) is 17.1 Å². The van der Waals surface area contributed by atoms with Crippen molar-refractivity contribution in [2.75, 3.05) is 0 Å². The highest BCUT2D eigenvalue weighted by Gasteiger charge is 2.60. The zero-order valence-electron chi connectivity index (χ0n) is 26.2. The Balaban J connectivity index is 1.23. The molecule has 0 aliphatic heterocycles. The summed E-state index contributed by atoms with van der Waals surface area (Å²) in [4.78, 5) is 34.1. The average molecular weight is 583 g/mol. The van der Waals surface area contributed by atoms with Crippen molar-refractivity contribution >= 4 is 17.3 Å². The van der Waals surface area contributed by atoms with Crippen LogP contribution >= 0.6 is 0 Å². The Morgan fingerprint density at radius 1 is 0.881 bits per heavy atom. The lowest BCUT2D eigenvalue weighted by Crippen LogP contribution is -2.54.